The van der Waals surface area contributed by atoms with E-state index in [1.54, 1.807) is 24.3 Å². The Morgan fingerprint density at radius 2 is 1.70 bits per heavy atom. The first-order valence-electron chi connectivity index (χ1n) is 11.4. The van der Waals surface area contributed by atoms with E-state index in [4.69, 9.17) is 4.74 Å². The molecule has 0 aliphatic carbocycles. The third kappa shape index (κ3) is 4.30. The number of para-hydroxylation sites is 2. The fourth-order valence-corrected chi connectivity index (χ4v) is 4.58. The van der Waals surface area contributed by atoms with Crippen LogP contribution in [0.4, 0.5) is 11.5 Å². The number of nitrogens with zero attached hydrogens (tertiary/aromatic N) is 8. The van der Waals surface area contributed by atoms with E-state index >= 15 is 0 Å². The molecule has 1 amide bonds. The first-order valence-corrected chi connectivity index (χ1v) is 11.4. The lowest BCUT2D eigenvalue weighted by atomic mass is 10.2. The first-order chi connectivity index (χ1) is 16.1. The third-order valence-electron chi connectivity index (χ3n) is 6.56. The SMILES string of the molecule is COc1ccccc1N1CCN(C(=O)Cn2ncc3c(N4CCN(C)CC4)ncnc32)CC1. The molecule has 0 unspecified atom stereocenters. The number of methoxy groups -OCH3 is 1. The number of benzene rings is 1. The molecule has 2 saturated heterocycles. The summed E-state index contributed by atoms with van der Waals surface area (Å²) in [5, 5.41) is 5.39. The maximum absolute atomic E-state index is 13.1. The number of aromatic nitrogens is 4. The van der Waals surface area contributed by atoms with Crippen LogP contribution in [0.5, 0.6) is 5.75 Å². The van der Waals surface area contributed by atoms with Gasteiger partial charge in [-0.05, 0) is 19.2 Å². The average Bonchev–Trinajstić information content (AvgIpc) is 3.27. The zero-order valence-corrected chi connectivity index (χ0v) is 19.2. The van der Waals surface area contributed by atoms with Gasteiger partial charge in [0, 0.05) is 52.4 Å². The molecule has 5 rings (SSSR count). The van der Waals surface area contributed by atoms with Crippen LogP contribution in [-0.2, 0) is 11.3 Å². The number of hydrogen-bond donors (Lipinski definition) is 0. The Morgan fingerprint density at radius 3 is 2.45 bits per heavy atom. The van der Waals surface area contributed by atoms with E-state index in [9.17, 15) is 4.79 Å². The Hall–Kier alpha value is -3.40. The van der Waals surface area contributed by atoms with Crippen LogP contribution in [-0.4, -0.2) is 102 Å². The van der Waals surface area contributed by atoms with Crippen molar-refractivity contribution < 1.29 is 9.53 Å². The maximum atomic E-state index is 13.1. The van der Waals surface area contributed by atoms with Crippen LogP contribution in [0, 0.1) is 0 Å². The number of likely N-dealkylation sites (N-methyl/N-ethyl adjacent to an activating group) is 1. The number of carbonyl (C=O) groups excluding carboxylic acids is 1. The molecule has 0 atom stereocenters. The van der Waals surface area contributed by atoms with Crippen molar-refractivity contribution in [2.75, 3.05) is 76.3 Å². The number of amides is 1. The highest BCUT2D eigenvalue weighted by atomic mass is 16.5. The van der Waals surface area contributed by atoms with Gasteiger partial charge < -0.3 is 24.3 Å². The number of hydrogen-bond acceptors (Lipinski definition) is 8. The number of fused-ring (bicyclic) bond motifs is 1. The molecular formula is C23H30N8O2. The molecule has 2 fully saturated rings. The van der Waals surface area contributed by atoms with Crippen LogP contribution in [0.25, 0.3) is 11.0 Å². The van der Waals surface area contributed by atoms with Crippen molar-refractivity contribution in [3.63, 3.8) is 0 Å². The molecule has 2 aliphatic rings. The second-order valence-electron chi connectivity index (χ2n) is 8.57. The lowest BCUT2D eigenvalue weighted by molar-refractivity contribution is -0.132. The third-order valence-corrected chi connectivity index (χ3v) is 6.56. The smallest absolute Gasteiger partial charge is 0.244 e. The van der Waals surface area contributed by atoms with Gasteiger partial charge in [0.1, 0.15) is 24.4 Å². The molecule has 4 heterocycles. The maximum Gasteiger partial charge on any atom is 0.244 e. The summed E-state index contributed by atoms with van der Waals surface area (Å²) >= 11 is 0. The van der Waals surface area contributed by atoms with Gasteiger partial charge in [-0.15, -0.1) is 0 Å². The highest BCUT2D eigenvalue weighted by Crippen LogP contribution is 2.28. The molecule has 0 radical (unpaired) electrons. The van der Waals surface area contributed by atoms with Crippen molar-refractivity contribution in [1.29, 1.82) is 0 Å². The van der Waals surface area contributed by atoms with Gasteiger partial charge in [-0.25, -0.2) is 14.6 Å². The monoisotopic (exact) mass is 450 g/mol. The van der Waals surface area contributed by atoms with Crippen molar-refractivity contribution in [2.24, 2.45) is 0 Å². The molecule has 10 nitrogen and oxygen atoms in total. The summed E-state index contributed by atoms with van der Waals surface area (Å²) in [5.74, 6) is 1.81. The number of carbonyl (C=O) groups is 1. The molecule has 33 heavy (non-hydrogen) atoms. The minimum Gasteiger partial charge on any atom is -0.495 e. The zero-order valence-electron chi connectivity index (χ0n) is 19.2. The van der Waals surface area contributed by atoms with Gasteiger partial charge in [0.05, 0.1) is 24.4 Å². The highest BCUT2D eigenvalue weighted by molar-refractivity contribution is 5.88. The quantitative estimate of drug-likeness (QED) is 0.568. The summed E-state index contributed by atoms with van der Waals surface area (Å²) < 4.78 is 7.19. The molecule has 0 bridgehead atoms. The topological polar surface area (TPSA) is 82.9 Å². The Kier molecular flexibility index (Phi) is 5.99. The highest BCUT2D eigenvalue weighted by Gasteiger charge is 2.25. The number of rotatable bonds is 5. The molecule has 3 aromatic rings. The van der Waals surface area contributed by atoms with Crippen molar-refractivity contribution in [2.45, 2.75) is 6.54 Å². The van der Waals surface area contributed by atoms with Crippen LogP contribution in [0.15, 0.2) is 36.8 Å². The van der Waals surface area contributed by atoms with E-state index in [0.717, 1.165) is 61.9 Å². The van der Waals surface area contributed by atoms with Crippen LogP contribution in [0.2, 0.25) is 0 Å². The molecule has 1 aromatic carbocycles. The molecular weight excluding hydrogens is 420 g/mol. The summed E-state index contributed by atoms with van der Waals surface area (Å²) in [6, 6.07) is 8.00. The van der Waals surface area contributed by atoms with Crippen molar-refractivity contribution in [1.82, 2.24) is 29.5 Å². The molecule has 2 aliphatic heterocycles. The molecule has 10 heteroatoms. The number of anilines is 2. The van der Waals surface area contributed by atoms with Gasteiger partial charge in [-0.1, -0.05) is 12.1 Å². The summed E-state index contributed by atoms with van der Waals surface area (Å²) in [4.78, 5) is 30.8. The lowest BCUT2D eigenvalue weighted by Crippen LogP contribution is -2.49. The standard InChI is InChI=1S/C23H30N8O2/c1-27-7-9-30(10-8-27)22-18-15-26-31(23(18)25-17-24-22)16-21(32)29-13-11-28(12-14-29)19-5-3-4-6-20(19)33-2/h3-6,15,17H,7-14,16H2,1-2H3. The van der Waals surface area contributed by atoms with Gasteiger partial charge in [0.15, 0.2) is 5.65 Å². The van der Waals surface area contributed by atoms with E-state index in [1.165, 1.54) is 0 Å². The molecule has 0 saturated carbocycles. The molecule has 174 valence electrons. The fraction of sp³-hybridized carbons (Fsp3) is 0.478. The molecule has 2 aromatic heterocycles. The second-order valence-corrected chi connectivity index (χ2v) is 8.57. The normalized spacial score (nSPS) is 17.6. The van der Waals surface area contributed by atoms with E-state index in [1.807, 2.05) is 23.1 Å². The van der Waals surface area contributed by atoms with Gasteiger partial charge in [0.2, 0.25) is 5.91 Å². The van der Waals surface area contributed by atoms with E-state index in [2.05, 4.69) is 42.9 Å². The summed E-state index contributed by atoms with van der Waals surface area (Å²) in [7, 11) is 3.82. The van der Waals surface area contributed by atoms with Gasteiger partial charge >= 0.3 is 0 Å². The van der Waals surface area contributed by atoms with Gasteiger partial charge in [-0.3, -0.25) is 4.79 Å². The minimum atomic E-state index is 0.0550. The fourth-order valence-electron chi connectivity index (χ4n) is 4.58. The van der Waals surface area contributed by atoms with Crippen LogP contribution >= 0.6 is 0 Å². The predicted octanol–water partition coefficient (Wildman–Crippen LogP) is 0.936. The largest absolute Gasteiger partial charge is 0.495 e. The van der Waals surface area contributed by atoms with Gasteiger partial charge in [0.25, 0.3) is 0 Å². The van der Waals surface area contributed by atoms with Crippen molar-refractivity contribution >= 4 is 28.4 Å². The van der Waals surface area contributed by atoms with Gasteiger partial charge in [-0.2, -0.15) is 5.10 Å². The van der Waals surface area contributed by atoms with Crippen LogP contribution in [0.1, 0.15) is 0 Å². The second kappa shape index (κ2) is 9.22. The van der Waals surface area contributed by atoms with Crippen molar-refractivity contribution in [3.05, 3.63) is 36.8 Å². The molecule has 0 spiro atoms. The summed E-state index contributed by atoms with van der Waals surface area (Å²) in [5.41, 5.74) is 1.78. The van der Waals surface area contributed by atoms with E-state index in [0.29, 0.717) is 18.7 Å². The zero-order chi connectivity index (χ0) is 22.8. The Bertz CT molecular complexity index is 1120. The molecule has 0 N–H and O–H groups in total. The minimum absolute atomic E-state index is 0.0550. The summed E-state index contributed by atoms with van der Waals surface area (Å²) in [6.45, 7) is 6.88. The van der Waals surface area contributed by atoms with Crippen LogP contribution < -0.4 is 14.5 Å². The van der Waals surface area contributed by atoms with Crippen molar-refractivity contribution in [3.8, 4) is 5.75 Å². The predicted molar refractivity (Wildman–Crippen MR) is 127 cm³/mol. The number of piperazine rings is 2. The Morgan fingerprint density at radius 1 is 0.970 bits per heavy atom. The lowest BCUT2D eigenvalue weighted by Gasteiger charge is -2.36. The van der Waals surface area contributed by atoms with E-state index in [-0.39, 0.29) is 12.5 Å². The average molecular weight is 451 g/mol. The Balaban J connectivity index is 1.25. The summed E-state index contributed by atoms with van der Waals surface area (Å²) in [6.07, 6.45) is 3.36. The van der Waals surface area contributed by atoms with Crippen LogP contribution in [0.3, 0.4) is 0 Å². The Labute approximate surface area is 193 Å². The van der Waals surface area contributed by atoms with E-state index < -0.39 is 0 Å². The number of ether oxygens (including phenoxy) is 1. The first kappa shape index (κ1) is 21.4.